The molecule has 0 spiro atoms. The molecule has 0 saturated carbocycles. The van der Waals surface area contributed by atoms with Gasteiger partial charge in [-0.15, -0.1) is 23.1 Å². The summed E-state index contributed by atoms with van der Waals surface area (Å²) in [7, 11) is 10.4. The van der Waals surface area contributed by atoms with Gasteiger partial charge in [-0.2, -0.15) is 0 Å². The monoisotopic (exact) mass is 1140 g/mol. The van der Waals surface area contributed by atoms with Gasteiger partial charge >= 0.3 is 0 Å². The van der Waals surface area contributed by atoms with Gasteiger partial charge in [0.05, 0.1) is 53.5 Å². The van der Waals surface area contributed by atoms with Crippen molar-refractivity contribution in [2.75, 3.05) is 61.3 Å². The summed E-state index contributed by atoms with van der Waals surface area (Å²) in [6.45, 7) is 14.7. The van der Waals surface area contributed by atoms with Crippen LogP contribution >= 0.6 is 23.1 Å². The molecule has 0 bridgehead atoms. The van der Waals surface area contributed by atoms with E-state index in [4.69, 9.17) is 14.5 Å². The van der Waals surface area contributed by atoms with Crippen LogP contribution in [0.4, 0.5) is 0 Å². The fraction of sp³-hybridized carbons (Fsp3) is 0.508. The van der Waals surface area contributed by atoms with E-state index in [-0.39, 0.29) is 53.7 Å². The van der Waals surface area contributed by atoms with Gasteiger partial charge in [-0.05, 0) is 73.4 Å². The van der Waals surface area contributed by atoms with Gasteiger partial charge < -0.3 is 34.8 Å². The third kappa shape index (κ3) is 15.8. The highest BCUT2D eigenvalue weighted by atomic mass is 32.2. The van der Waals surface area contributed by atoms with E-state index in [0.717, 1.165) is 35.1 Å². The quantitative estimate of drug-likeness (QED) is 0.0443. The fourth-order valence-electron chi connectivity index (χ4n) is 11.7. The Morgan fingerprint density at radius 1 is 0.753 bits per heavy atom. The van der Waals surface area contributed by atoms with Gasteiger partial charge in [0, 0.05) is 52.5 Å². The summed E-state index contributed by atoms with van der Waals surface area (Å²) < 4.78 is 11.8. The molecule has 1 fully saturated rings. The lowest BCUT2D eigenvalue weighted by Crippen LogP contribution is -2.59. The molecule has 14 nitrogen and oxygen atoms in total. The number of likely N-dealkylation sites (N-methyl/N-ethyl adjacent to an activating group) is 2. The van der Waals surface area contributed by atoms with Gasteiger partial charge in [0.2, 0.25) is 23.6 Å². The Bertz CT molecular complexity index is 2660. The van der Waals surface area contributed by atoms with Crippen molar-refractivity contribution in [3.63, 3.8) is 0 Å². The molecule has 5 amide bonds. The minimum Gasteiger partial charge on any atom is -0.379 e. The maximum absolute atomic E-state index is 14.7. The number of likely N-dealkylation sites (tertiary alicyclic amines) is 1. The van der Waals surface area contributed by atoms with Crippen molar-refractivity contribution in [3.05, 3.63) is 160 Å². The minimum atomic E-state index is -0.788. The van der Waals surface area contributed by atoms with E-state index in [9.17, 15) is 24.0 Å². The number of ether oxygens (including phenoxy) is 2. The molecule has 9 atom stereocenters. The van der Waals surface area contributed by atoms with Crippen LogP contribution in [0, 0.1) is 23.7 Å². The molecule has 1 aromatic heterocycles. The van der Waals surface area contributed by atoms with Gasteiger partial charge in [-0.25, -0.2) is 4.98 Å². The molecular weight excluding hydrogens is 1050 g/mol. The number of thiazole rings is 1. The van der Waals surface area contributed by atoms with E-state index < -0.39 is 53.1 Å². The first-order valence-electron chi connectivity index (χ1n) is 28.7. The number of thioether (sulfide) groups is 1. The average molecular weight is 1140 g/mol. The predicted molar refractivity (Wildman–Crippen MR) is 327 cm³/mol. The van der Waals surface area contributed by atoms with E-state index in [1.807, 2.05) is 114 Å². The lowest BCUT2D eigenvalue weighted by atomic mass is 9.84. The first kappa shape index (κ1) is 64.3. The van der Waals surface area contributed by atoms with Crippen molar-refractivity contribution in [1.29, 1.82) is 0 Å². The van der Waals surface area contributed by atoms with E-state index in [2.05, 4.69) is 97.3 Å². The number of carbonyl (C=O) groups is 5. The van der Waals surface area contributed by atoms with Crippen LogP contribution in [0.2, 0.25) is 0 Å². The Morgan fingerprint density at radius 3 is 1.80 bits per heavy atom. The van der Waals surface area contributed by atoms with E-state index >= 15 is 0 Å². The molecule has 4 aromatic carbocycles. The molecule has 1 aliphatic rings. The van der Waals surface area contributed by atoms with Crippen LogP contribution in [0.5, 0.6) is 0 Å². The zero-order chi connectivity index (χ0) is 59.0. The number of hydrogen-bond acceptors (Lipinski definition) is 11. The molecule has 438 valence electrons. The van der Waals surface area contributed by atoms with Crippen LogP contribution in [0.15, 0.2) is 127 Å². The van der Waals surface area contributed by atoms with Crippen molar-refractivity contribution >= 4 is 52.6 Å². The zero-order valence-corrected chi connectivity index (χ0v) is 51.7. The van der Waals surface area contributed by atoms with Crippen molar-refractivity contribution in [2.45, 2.75) is 128 Å². The van der Waals surface area contributed by atoms with Crippen LogP contribution in [0.25, 0.3) is 0 Å². The molecule has 0 unspecified atom stereocenters. The van der Waals surface area contributed by atoms with Gasteiger partial charge in [0.15, 0.2) is 0 Å². The molecule has 2 heterocycles. The van der Waals surface area contributed by atoms with Crippen molar-refractivity contribution in [2.24, 2.45) is 23.7 Å². The number of nitrogens with zero attached hydrogens (tertiary/aromatic N) is 5. The zero-order valence-electron chi connectivity index (χ0n) is 50.0. The molecule has 2 N–H and O–H groups in total. The summed E-state index contributed by atoms with van der Waals surface area (Å²) in [5.41, 5.74) is 4.76. The van der Waals surface area contributed by atoms with E-state index in [1.165, 1.54) is 11.3 Å². The first-order valence-corrected chi connectivity index (χ1v) is 30.6. The van der Waals surface area contributed by atoms with Crippen LogP contribution in [0.3, 0.4) is 0 Å². The summed E-state index contributed by atoms with van der Waals surface area (Å²) >= 11 is 3.14. The number of rotatable bonds is 29. The molecule has 0 aliphatic carbocycles. The van der Waals surface area contributed by atoms with Crippen molar-refractivity contribution < 1.29 is 33.4 Å². The van der Waals surface area contributed by atoms with Gasteiger partial charge in [0.1, 0.15) is 16.7 Å². The summed E-state index contributed by atoms with van der Waals surface area (Å²) in [5, 5.41) is 8.75. The highest BCUT2D eigenvalue weighted by Gasteiger charge is 2.44. The second-order valence-electron chi connectivity index (χ2n) is 22.6. The van der Waals surface area contributed by atoms with Crippen molar-refractivity contribution in [1.82, 2.24) is 35.2 Å². The molecular formula is C65H89N7O7S2. The van der Waals surface area contributed by atoms with Crippen molar-refractivity contribution in [3.8, 4) is 0 Å². The SMILES string of the molecule is CC[C@H](C)[C@@H]([C@@H](CC(=O)N1CCC[C@H]1[C@H](OC)[C@@H](C)C(=O)N[C@@H](Cc1ccccc1)c1nc(C(=O)N(C)CCSC(c2ccccc2)(c2ccccc2)c2ccccc2)cs1)OC)N(C)C(=O)[C@@H](NC(=O)[C@H](C(C)C)N(C)C)C(C)C. The van der Waals surface area contributed by atoms with E-state index in [0.29, 0.717) is 42.4 Å². The third-order valence-corrected chi connectivity index (χ3v) is 18.7. The molecule has 0 radical (unpaired) electrons. The third-order valence-electron chi connectivity index (χ3n) is 16.2. The summed E-state index contributed by atoms with van der Waals surface area (Å²) in [5.74, 6) is -1.35. The highest BCUT2D eigenvalue weighted by Crippen LogP contribution is 2.48. The Balaban J connectivity index is 1.16. The van der Waals surface area contributed by atoms with Crippen LogP contribution in [-0.2, 0) is 39.8 Å². The molecule has 1 aliphatic heterocycles. The second-order valence-corrected chi connectivity index (χ2v) is 24.8. The number of amides is 5. The van der Waals surface area contributed by atoms with Gasteiger partial charge in [0.25, 0.3) is 5.91 Å². The summed E-state index contributed by atoms with van der Waals surface area (Å²) in [4.78, 5) is 83.7. The number of aromatic nitrogens is 1. The summed E-state index contributed by atoms with van der Waals surface area (Å²) in [6.07, 6.45) is 1.20. The molecule has 6 rings (SSSR count). The lowest BCUT2D eigenvalue weighted by molar-refractivity contribution is -0.148. The fourth-order valence-corrected chi connectivity index (χ4v) is 14.1. The van der Waals surface area contributed by atoms with Crippen LogP contribution in [0.1, 0.15) is 118 Å². The minimum absolute atomic E-state index is 0.000484. The second kappa shape index (κ2) is 30.4. The van der Waals surface area contributed by atoms with Gasteiger partial charge in [-0.1, -0.05) is 176 Å². The molecule has 81 heavy (non-hydrogen) atoms. The Labute approximate surface area is 491 Å². The smallest absolute Gasteiger partial charge is 0.273 e. The van der Waals surface area contributed by atoms with Crippen LogP contribution in [-0.4, -0.2) is 152 Å². The number of methoxy groups -OCH3 is 2. The highest BCUT2D eigenvalue weighted by molar-refractivity contribution is 8.00. The number of nitrogens with one attached hydrogen (secondary N) is 2. The Morgan fingerprint density at radius 2 is 1.31 bits per heavy atom. The molecule has 1 saturated heterocycles. The maximum Gasteiger partial charge on any atom is 0.273 e. The largest absolute Gasteiger partial charge is 0.379 e. The number of hydrogen-bond donors (Lipinski definition) is 2. The maximum atomic E-state index is 14.7. The number of benzene rings is 4. The number of carbonyl (C=O) groups excluding carboxylic acids is 5. The first-order chi connectivity index (χ1) is 38.8. The van der Waals surface area contributed by atoms with Gasteiger partial charge in [-0.3, -0.25) is 28.9 Å². The molecule has 16 heteroatoms. The Hall–Kier alpha value is -5.91. The predicted octanol–water partition coefficient (Wildman–Crippen LogP) is 9.99. The standard InChI is InChI=1S/C65H89N7O7S2/c1-14-45(6)58(71(11)64(77)56(43(2)3)68-61(75)57(44(4)5)69(8)9)54(78-12)41-55(73)72-37-27-36-53(72)59(79-13)46(7)60(74)66-51(40-47-28-19-15-20-29-47)62-67-52(42-80-62)63(76)70(10)38-39-81-65(48-30-21-16-22-31-48,49-32-23-17-24-33-49)50-34-25-18-26-35-50/h15-26,28-35,42-46,51,53-54,56-59H,14,27,36-41H2,1-13H3,(H,66,74)(H,68,75)/t45-,46+,51-,53-,54+,56-,57-,58-,59+/m0/s1. The Kier molecular flexibility index (Phi) is 24.1. The molecule has 5 aromatic rings. The summed E-state index contributed by atoms with van der Waals surface area (Å²) in [6, 6.07) is 38.8. The lowest BCUT2D eigenvalue weighted by Gasteiger charge is -2.41. The normalized spacial score (nSPS) is 16.7. The average Bonchev–Trinajstić information content (AvgIpc) is 4.28. The van der Waals surface area contributed by atoms with E-state index in [1.54, 1.807) is 48.2 Å². The topological polar surface area (TPSA) is 154 Å². The van der Waals surface area contributed by atoms with Crippen LogP contribution < -0.4 is 10.6 Å².